The SMILES string of the molecule is CC(C)(C)O.Cc1cc2nc(OCc3cccc(OC(F)(F)F)c3)ccc2c(-c2ccc3c4c(ccnc24)CCO3)c1CC(=O)O. The summed E-state index contributed by atoms with van der Waals surface area (Å²) in [6.45, 7) is 7.61. The first-order chi connectivity index (χ1) is 21.7. The van der Waals surface area contributed by atoms with Gasteiger partial charge in [-0.1, -0.05) is 12.1 Å². The third-order valence-electron chi connectivity index (χ3n) is 6.98. The molecular formula is C35H33F3N2O6. The van der Waals surface area contributed by atoms with Crippen molar-refractivity contribution >= 4 is 27.8 Å². The Morgan fingerprint density at radius 3 is 2.52 bits per heavy atom. The number of aliphatic hydroxyl groups is 1. The topological polar surface area (TPSA) is 111 Å². The molecule has 0 atom stereocenters. The van der Waals surface area contributed by atoms with Gasteiger partial charge in [-0.25, -0.2) is 4.98 Å². The largest absolute Gasteiger partial charge is 0.573 e. The highest BCUT2D eigenvalue weighted by molar-refractivity contribution is 6.07. The fourth-order valence-electron chi connectivity index (χ4n) is 5.29. The molecule has 11 heteroatoms. The van der Waals surface area contributed by atoms with Crippen LogP contribution in [0.3, 0.4) is 0 Å². The van der Waals surface area contributed by atoms with Crippen molar-refractivity contribution in [3.05, 3.63) is 89.1 Å². The monoisotopic (exact) mass is 634 g/mol. The van der Waals surface area contributed by atoms with Crippen molar-refractivity contribution in [2.75, 3.05) is 6.61 Å². The average molecular weight is 635 g/mol. The number of rotatable bonds is 7. The number of carboxylic acid groups (broad SMARTS) is 1. The first-order valence-electron chi connectivity index (χ1n) is 14.5. The Labute approximate surface area is 263 Å². The van der Waals surface area contributed by atoms with E-state index in [9.17, 15) is 23.1 Å². The molecule has 1 aliphatic rings. The van der Waals surface area contributed by atoms with Gasteiger partial charge in [0.25, 0.3) is 0 Å². The summed E-state index contributed by atoms with van der Waals surface area (Å²) in [6, 6.07) is 16.6. The molecule has 0 aliphatic carbocycles. The Kier molecular flexibility index (Phi) is 9.07. The lowest BCUT2D eigenvalue weighted by Crippen LogP contribution is -2.17. The van der Waals surface area contributed by atoms with Crippen LogP contribution >= 0.6 is 0 Å². The van der Waals surface area contributed by atoms with Gasteiger partial charge in [0.2, 0.25) is 5.88 Å². The van der Waals surface area contributed by atoms with Crippen LogP contribution in [0, 0.1) is 6.92 Å². The number of carboxylic acids is 1. The van der Waals surface area contributed by atoms with E-state index in [-0.39, 0.29) is 24.7 Å². The molecule has 5 aromatic rings. The summed E-state index contributed by atoms with van der Waals surface area (Å²) in [7, 11) is 0. The zero-order chi connectivity index (χ0) is 33.2. The smallest absolute Gasteiger partial charge is 0.493 e. The van der Waals surface area contributed by atoms with Crippen LogP contribution in [0.25, 0.3) is 32.9 Å². The number of fused-ring (bicyclic) bond motifs is 1. The second kappa shape index (κ2) is 12.8. The molecule has 0 fully saturated rings. The Bertz CT molecular complexity index is 1900. The molecule has 0 radical (unpaired) electrons. The van der Waals surface area contributed by atoms with Crippen LogP contribution in [0.1, 0.15) is 43.0 Å². The minimum absolute atomic E-state index is 0.0324. The fourth-order valence-corrected chi connectivity index (χ4v) is 5.29. The maximum absolute atomic E-state index is 12.6. The van der Waals surface area contributed by atoms with Gasteiger partial charge in [0.05, 0.1) is 29.7 Å². The van der Waals surface area contributed by atoms with Gasteiger partial charge in [0.15, 0.2) is 0 Å². The highest BCUT2D eigenvalue weighted by Gasteiger charge is 2.31. The average Bonchev–Trinajstić information content (AvgIpc) is 2.96. The molecule has 3 heterocycles. The predicted molar refractivity (Wildman–Crippen MR) is 167 cm³/mol. The molecule has 0 spiro atoms. The molecule has 0 amide bonds. The number of carbonyl (C=O) groups is 1. The summed E-state index contributed by atoms with van der Waals surface area (Å²) in [5.41, 5.74) is 5.29. The van der Waals surface area contributed by atoms with Gasteiger partial charge in [0.1, 0.15) is 18.1 Å². The van der Waals surface area contributed by atoms with Gasteiger partial charge in [-0.2, -0.15) is 0 Å². The maximum Gasteiger partial charge on any atom is 0.573 e. The van der Waals surface area contributed by atoms with E-state index < -0.39 is 17.9 Å². The molecular weight excluding hydrogens is 601 g/mol. The lowest BCUT2D eigenvalue weighted by molar-refractivity contribution is -0.274. The number of aliphatic carboxylic acids is 1. The van der Waals surface area contributed by atoms with Gasteiger partial charge < -0.3 is 24.4 Å². The molecule has 1 aliphatic heterocycles. The third kappa shape index (κ3) is 7.84. The molecule has 2 aromatic heterocycles. The number of benzene rings is 3. The van der Waals surface area contributed by atoms with Crippen molar-refractivity contribution in [2.45, 2.75) is 59.1 Å². The molecule has 0 bridgehead atoms. The number of ether oxygens (including phenoxy) is 3. The zero-order valence-corrected chi connectivity index (χ0v) is 25.7. The summed E-state index contributed by atoms with van der Waals surface area (Å²) in [6.07, 6.45) is -2.48. The minimum atomic E-state index is -4.79. The predicted octanol–water partition coefficient (Wildman–Crippen LogP) is 7.58. The lowest BCUT2D eigenvalue weighted by Gasteiger charge is -2.21. The highest BCUT2D eigenvalue weighted by Crippen LogP contribution is 2.42. The molecule has 0 unspecified atom stereocenters. The quantitative estimate of drug-likeness (QED) is 0.189. The molecule has 2 N–H and O–H groups in total. The fraction of sp³-hybridized carbons (Fsp3) is 0.286. The number of hydrogen-bond acceptors (Lipinski definition) is 7. The summed E-state index contributed by atoms with van der Waals surface area (Å²) in [5, 5.41) is 19.9. The summed E-state index contributed by atoms with van der Waals surface area (Å²) < 4.78 is 53.5. The number of nitrogens with zero attached hydrogens (tertiary/aromatic N) is 2. The third-order valence-corrected chi connectivity index (χ3v) is 6.98. The standard InChI is InChI=1S/C31H23F3N2O5.C4H10O/c1-17-13-24-21(6-8-26(36-24)40-16-18-3-2-4-20(14-18)41-31(32,33)34)29(23(17)15-27(37)38)22-5-7-25-28-19(10-12-39-25)9-11-35-30(22)28;1-4(2,3)5/h2-9,11,13-14H,10,12,15-16H2,1H3,(H,37,38);5H,1-3H3. The first kappa shape index (κ1) is 32.5. The lowest BCUT2D eigenvalue weighted by atomic mass is 9.88. The number of aryl methyl sites for hydroxylation is 1. The number of pyridine rings is 2. The molecule has 46 heavy (non-hydrogen) atoms. The second-order valence-corrected chi connectivity index (χ2v) is 11.9. The van der Waals surface area contributed by atoms with Gasteiger partial charge in [-0.15, -0.1) is 13.2 Å². The Morgan fingerprint density at radius 2 is 1.80 bits per heavy atom. The van der Waals surface area contributed by atoms with E-state index in [1.807, 2.05) is 37.3 Å². The van der Waals surface area contributed by atoms with Crippen LogP contribution in [0.2, 0.25) is 0 Å². The van der Waals surface area contributed by atoms with Crippen molar-refractivity contribution in [1.29, 1.82) is 0 Å². The van der Waals surface area contributed by atoms with Crippen molar-refractivity contribution in [3.63, 3.8) is 0 Å². The normalized spacial score (nSPS) is 12.7. The molecule has 240 valence electrons. The summed E-state index contributed by atoms with van der Waals surface area (Å²) in [4.78, 5) is 21.2. The van der Waals surface area contributed by atoms with E-state index in [1.165, 1.54) is 18.2 Å². The van der Waals surface area contributed by atoms with Crippen molar-refractivity contribution in [1.82, 2.24) is 9.97 Å². The van der Waals surface area contributed by atoms with E-state index in [1.54, 1.807) is 39.1 Å². The van der Waals surface area contributed by atoms with Gasteiger partial charge in [-0.3, -0.25) is 9.78 Å². The van der Waals surface area contributed by atoms with Crippen molar-refractivity contribution in [2.24, 2.45) is 0 Å². The number of alkyl halides is 3. The first-order valence-corrected chi connectivity index (χ1v) is 14.5. The van der Waals surface area contributed by atoms with Crippen LogP contribution < -0.4 is 14.2 Å². The molecule has 0 saturated carbocycles. The highest BCUT2D eigenvalue weighted by atomic mass is 19.4. The van der Waals surface area contributed by atoms with Gasteiger partial charge in [-0.05, 0) is 98.0 Å². The molecule has 0 saturated heterocycles. The minimum Gasteiger partial charge on any atom is -0.493 e. The van der Waals surface area contributed by atoms with Crippen LogP contribution in [-0.2, 0) is 24.2 Å². The Balaban J connectivity index is 0.000000775. The van der Waals surface area contributed by atoms with Gasteiger partial charge >= 0.3 is 12.3 Å². The van der Waals surface area contributed by atoms with E-state index >= 15 is 0 Å². The van der Waals surface area contributed by atoms with Crippen molar-refractivity contribution < 1.29 is 42.4 Å². The van der Waals surface area contributed by atoms with E-state index in [2.05, 4.69) is 14.7 Å². The summed E-state index contributed by atoms with van der Waals surface area (Å²) >= 11 is 0. The van der Waals surface area contributed by atoms with E-state index in [0.717, 1.165) is 50.7 Å². The second-order valence-electron chi connectivity index (χ2n) is 11.9. The number of hydrogen-bond donors (Lipinski definition) is 2. The molecule has 8 nitrogen and oxygen atoms in total. The van der Waals surface area contributed by atoms with Crippen LogP contribution in [0.5, 0.6) is 17.4 Å². The maximum atomic E-state index is 12.6. The molecule has 3 aromatic carbocycles. The number of aromatic nitrogens is 2. The Morgan fingerprint density at radius 1 is 1.04 bits per heavy atom. The van der Waals surface area contributed by atoms with E-state index in [0.29, 0.717) is 23.3 Å². The summed E-state index contributed by atoms with van der Waals surface area (Å²) in [5.74, 6) is -0.290. The van der Waals surface area contributed by atoms with Crippen LogP contribution in [0.4, 0.5) is 13.2 Å². The Hall–Kier alpha value is -4.90. The zero-order valence-electron chi connectivity index (χ0n) is 25.7. The molecule has 6 rings (SSSR count). The van der Waals surface area contributed by atoms with Crippen LogP contribution in [-0.4, -0.2) is 44.7 Å². The van der Waals surface area contributed by atoms with E-state index in [4.69, 9.17) is 14.6 Å². The van der Waals surface area contributed by atoms with Crippen LogP contribution in [0.15, 0.2) is 66.9 Å². The number of halogens is 3. The van der Waals surface area contributed by atoms with Gasteiger partial charge in [0, 0.05) is 35.0 Å². The van der Waals surface area contributed by atoms with Crippen molar-refractivity contribution in [3.8, 4) is 28.5 Å².